The van der Waals surface area contributed by atoms with E-state index in [2.05, 4.69) is 10.2 Å². The van der Waals surface area contributed by atoms with Gasteiger partial charge in [0.1, 0.15) is 0 Å². The standard InChI is InChI=1S/C6H2Cl2N2O2/c7-4-2-1-3(11-4)5-9-10-6(8)12-5/h1-2H. The summed E-state index contributed by atoms with van der Waals surface area (Å²) >= 11 is 10.9. The third-order valence-electron chi connectivity index (χ3n) is 1.18. The molecule has 62 valence electrons. The zero-order chi connectivity index (χ0) is 8.55. The number of hydrogen-bond acceptors (Lipinski definition) is 4. The molecule has 0 N–H and O–H groups in total. The van der Waals surface area contributed by atoms with E-state index in [9.17, 15) is 0 Å². The molecule has 0 bridgehead atoms. The molecule has 2 heterocycles. The lowest BCUT2D eigenvalue weighted by atomic mass is 10.5. The Bertz CT molecular complexity index is 357. The molecule has 4 nitrogen and oxygen atoms in total. The zero-order valence-corrected chi connectivity index (χ0v) is 7.13. The van der Waals surface area contributed by atoms with Crippen LogP contribution in [0.3, 0.4) is 0 Å². The molecule has 0 atom stereocenters. The van der Waals surface area contributed by atoms with Gasteiger partial charge in [-0.25, -0.2) is 0 Å². The van der Waals surface area contributed by atoms with Gasteiger partial charge in [-0.1, -0.05) is 5.10 Å². The fraction of sp³-hybridized carbons (Fsp3) is 0. The molecule has 0 fully saturated rings. The summed E-state index contributed by atoms with van der Waals surface area (Å²) < 4.78 is 9.87. The monoisotopic (exact) mass is 204 g/mol. The predicted octanol–water partition coefficient (Wildman–Crippen LogP) is 2.64. The van der Waals surface area contributed by atoms with Crippen LogP contribution < -0.4 is 0 Å². The third kappa shape index (κ3) is 1.31. The van der Waals surface area contributed by atoms with Crippen molar-refractivity contribution in [2.75, 3.05) is 0 Å². The average molecular weight is 205 g/mol. The van der Waals surface area contributed by atoms with E-state index < -0.39 is 0 Å². The van der Waals surface area contributed by atoms with E-state index in [4.69, 9.17) is 32.0 Å². The molecule has 0 aliphatic rings. The van der Waals surface area contributed by atoms with E-state index in [0.717, 1.165) is 0 Å². The minimum atomic E-state index is -0.0301. The van der Waals surface area contributed by atoms with Crippen LogP contribution in [-0.2, 0) is 0 Å². The highest BCUT2D eigenvalue weighted by molar-refractivity contribution is 6.29. The van der Waals surface area contributed by atoms with Gasteiger partial charge in [0, 0.05) is 0 Å². The maximum atomic E-state index is 5.53. The lowest BCUT2D eigenvalue weighted by Crippen LogP contribution is -1.71. The van der Waals surface area contributed by atoms with Crippen molar-refractivity contribution in [3.05, 3.63) is 22.7 Å². The van der Waals surface area contributed by atoms with Gasteiger partial charge in [-0.3, -0.25) is 0 Å². The van der Waals surface area contributed by atoms with Crippen LogP contribution in [0.4, 0.5) is 0 Å². The maximum absolute atomic E-state index is 5.53. The first kappa shape index (κ1) is 7.64. The summed E-state index contributed by atoms with van der Waals surface area (Å²) in [4.78, 5) is 0. The van der Waals surface area contributed by atoms with Gasteiger partial charge in [-0.05, 0) is 35.3 Å². The highest BCUT2D eigenvalue weighted by Crippen LogP contribution is 2.24. The molecular weight excluding hydrogens is 203 g/mol. The largest absolute Gasteiger partial charge is 0.440 e. The first-order chi connectivity index (χ1) is 5.75. The van der Waals surface area contributed by atoms with Crippen molar-refractivity contribution in [2.24, 2.45) is 0 Å². The number of rotatable bonds is 1. The van der Waals surface area contributed by atoms with Crippen LogP contribution in [0.2, 0.25) is 10.6 Å². The van der Waals surface area contributed by atoms with Crippen molar-refractivity contribution in [1.29, 1.82) is 0 Å². The second kappa shape index (κ2) is 2.80. The Morgan fingerprint density at radius 1 is 1.08 bits per heavy atom. The Hall–Kier alpha value is -1.00. The van der Waals surface area contributed by atoms with E-state index in [1.165, 1.54) is 0 Å². The minimum absolute atomic E-state index is 0.0301. The Kier molecular flexibility index (Phi) is 1.78. The minimum Gasteiger partial charge on any atom is -0.440 e. The molecule has 0 aliphatic carbocycles. The number of nitrogens with zero attached hydrogens (tertiary/aromatic N) is 2. The summed E-state index contributed by atoms with van der Waals surface area (Å²) in [6, 6.07) is 3.20. The smallest absolute Gasteiger partial charge is 0.313 e. The van der Waals surface area contributed by atoms with Crippen molar-refractivity contribution in [2.45, 2.75) is 0 Å². The molecule has 0 saturated carbocycles. The maximum Gasteiger partial charge on any atom is 0.313 e. The molecule has 0 amide bonds. The Morgan fingerprint density at radius 2 is 1.92 bits per heavy atom. The fourth-order valence-corrected chi connectivity index (χ4v) is 0.991. The summed E-state index contributed by atoms with van der Waals surface area (Å²) in [6.07, 6.45) is 0. The van der Waals surface area contributed by atoms with E-state index in [1.54, 1.807) is 12.1 Å². The van der Waals surface area contributed by atoms with Crippen LogP contribution in [0.1, 0.15) is 0 Å². The number of aromatic nitrogens is 2. The fourth-order valence-electron chi connectivity index (χ4n) is 0.734. The van der Waals surface area contributed by atoms with Gasteiger partial charge in [-0.15, -0.1) is 5.10 Å². The Labute approximate surface area is 77.1 Å². The number of hydrogen-bond donors (Lipinski definition) is 0. The summed E-state index contributed by atoms with van der Waals surface area (Å²) in [5.41, 5.74) is 0. The molecule has 2 aromatic heterocycles. The quantitative estimate of drug-likeness (QED) is 0.717. The number of furan rings is 1. The van der Waals surface area contributed by atoms with E-state index >= 15 is 0 Å². The van der Waals surface area contributed by atoms with Gasteiger partial charge in [0.25, 0.3) is 5.89 Å². The molecule has 2 aromatic rings. The molecular formula is C6H2Cl2N2O2. The van der Waals surface area contributed by atoms with Crippen LogP contribution in [0.15, 0.2) is 21.0 Å². The summed E-state index contributed by atoms with van der Waals surface area (Å²) in [7, 11) is 0. The van der Waals surface area contributed by atoms with Crippen molar-refractivity contribution in [3.63, 3.8) is 0 Å². The Balaban J connectivity index is 2.43. The lowest BCUT2D eigenvalue weighted by Gasteiger charge is -1.83. The van der Waals surface area contributed by atoms with Gasteiger partial charge in [0.05, 0.1) is 0 Å². The van der Waals surface area contributed by atoms with Gasteiger partial charge in [-0.2, -0.15) is 0 Å². The summed E-state index contributed by atoms with van der Waals surface area (Å²) in [5, 5.41) is 7.28. The average Bonchev–Trinajstić information content (AvgIpc) is 2.58. The normalized spacial score (nSPS) is 10.5. The predicted molar refractivity (Wildman–Crippen MR) is 42.0 cm³/mol. The van der Waals surface area contributed by atoms with Gasteiger partial charge in [0.15, 0.2) is 11.0 Å². The second-order valence-electron chi connectivity index (χ2n) is 1.96. The molecule has 2 rings (SSSR count). The molecule has 0 aromatic carbocycles. The topological polar surface area (TPSA) is 52.1 Å². The first-order valence-electron chi connectivity index (χ1n) is 3.00. The summed E-state index contributed by atoms with van der Waals surface area (Å²) in [5.74, 6) is 0.617. The van der Waals surface area contributed by atoms with E-state index in [0.29, 0.717) is 5.76 Å². The molecule has 0 unspecified atom stereocenters. The van der Waals surface area contributed by atoms with Gasteiger partial charge < -0.3 is 8.83 Å². The molecule has 12 heavy (non-hydrogen) atoms. The first-order valence-corrected chi connectivity index (χ1v) is 3.76. The highest BCUT2D eigenvalue weighted by Gasteiger charge is 2.10. The second-order valence-corrected chi connectivity index (χ2v) is 2.66. The number of halogens is 2. The summed E-state index contributed by atoms with van der Waals surface area (Å²) in [6.45, 7) is 0. The molecule has 6 heteroatoms. The Morgan fingerprint density at radius 3 is 2.42 bits per heavy atom. The van der Waals surface area contributed by atoms with Crippen LogP contribution in [0.25, 0.3) is 11.7 Å². The van der Waals surface area contributed by atoms with Crippen molar-refractivity contribution in [1.82, 2.24) is 10.2 Å². The van der Waals surface area contributed by atoms with Crippen LogP contribution in [0, 0.1) is 0 Å². The van der Waals surface area contributed by atoms with Gasteiger partial charge >= 0.3 is 5.35 Å². The molecule has 0 aliphatic heterocycles. The lowest BCUT2D eigenvalue weighted by molar-refractivity contribution is 0.518. The molecule has 0 spiro atoms. The third-order valence-corrected chi connectivity index (χ3v) is 1.54. The molecule has 0 saturated heterocycles. The van der Waals surface area contributed by atoms with Crippen LogP contribution in [-0.4, -0.2) is 10.2 Å². The zero-order valence-electron chi connectivity index (χ0n) is 5.62. The van der Waals surface area contributed by atoms with E-state index in [1.807, 2.05) is 0 Å². The van der Waals surface area contributed by atoms with E-state index in [-0.39, 0.29) is 16.5 Å². The highest BCUT2D eigenvalue weighted by atomic mass is 35.5. The van der Waals surface area contributed by atoms with Crippen molar-refractivity contribution >= 4 is 23.2 Å². The van der Waals surface area contributed by atoms with Crippen LogP contribution >= 0.6 is 23.2 Å². The van der Waals surface area contributed by atoms with Gasteiger partial charge in [0.2, 0.25) is 0 Å². The van der Waals surface area contributed by atoms with Crippen molar-refractivity contribution < 1.29 is 8.83 Å². The SMILES string of the molecule is Clc1ccc(-c2nnc(Cl)o2)o1. The molecule has 0 radical (unpaired) electrons. The van der Waals surface area contributed by atoms with Crippen LogP contribution in [0.5, 0.6) is 0 Å². The van der Waals surface area contributed by atoms with Crippen molar-refractivity contribution in [3.8, 4) is 11.7 Å².